The fraction of sp³-hybridized carbons (Fsp3) is 0.625. The molecule has 0 amide bonds. The third-order valence-corrected chi connectivity index (χ3v) is 6.83. The van der Waals surface area contributed by atoms with Crippen molar-refractivity contribution in [3.63, 3.8) is 0 Å². The molecule has 0 aliphatic heterocycles. The standard InChI is InChI=1S/C24H34O2/c1-3-4-5-18-6-8-19(9-7-18)20-10-12-21(13-11-20)22-14-16-23(17-15-22)24(25)26-2/h3,6-9,20-23H,1,4-5,10-17H2,2H3. The lowest BCUT2D eigenvalue weighted by Gasteiger charge is -2.37. The van der Waals surface area contributed by atoms with E-state index in [2.05, 4.69) is 30.8 Å². The number of hydrogen-bond acceptors (Lipinski definition) is 2. The molecule has 2 fully saturated rings. The van der Waals surface area contributed by atoms with E-state index in [1.165, 1.54) is 56.8 Å². The summed E-state index contributed by atoms with van der Waals surface area (Å²) in [6.45, 7) is 3.81. The molecule has 2 saturated carbocycles. The first-order chi connectivity index (χ1) is 12.7. The number of rotatable bonds is 6. The zero-order valence-electron chi connectivity index (χ0n) is 16.3. The van der Waals surface area contributed by atoms with Gasteiger partial charge in [0, 0.05) is 0 Å². The minimum Gasteiger partial charge on any atom is -0.469 e. The van der Waals surface area contributed by atoms with Crippen molar-refractivity contribution in [2.24, 2.45) is 17.8 Å². The number of allylic oxidation sites excluding steroid dienone is 1. The van der Waals surface area contributed by atoms with Crippen LogP contribution in [0.5, 0.6) is 0 Å². The summed E-state index contributed by atoms with van der Waals surface area (Å²) in [5.74, 6) is 2.61. The van der Waals surface area contributed by atoms with Crippen molar-refractivity contribution in [2.45, 2.75) is 70.1 Å². The van der Waals surface area contributed by atoms with E-state index in [-0.39, 0.29) is 11.9 Å². The minimum absolute atomic E-state index is 0.00342. The average molecular weight is 355 g/mol. The number of carbonyl (C=O) groups excluding carboxylic acids is 1. The summed E-state index contributed by atoms with van der Waals surface area (Å²) in [6.07, 6.45) is 14.0. The van der Waals surface area contributed by atoms with Crippen LogP contribution in [0.15, 0.2) is 36.9 Å². The van der Waals surface area contributed by atoms with Gasteiger partial charge in [-0.15, -0.1) is 6.58 Å². The molecule has 0 aromatic heterocycles. The Kier molecular flexibility index (Phi) is 6.93. The summed E-state index contributed by atoms with van der Waals surface area (Å²) >= 11 is 0. The van der Waals surface area contributed by atoms with Gasteiger partial charge in [-0.1, -0.05) is 30.3 Å². The lowest BCUT2D eigenvalue weighted by Crippen LogP contribution is -2.28. The SMILES string of the molecule is C=CCCc1ccc(C2CCC(C3CCC(C(=O)OC)CC3)CC2)cc1. The Hall–Kier alpha value is -1.57. The Balaban J connectivity index is 1.46. The van der Waals surface area contributed by atoms with Crippen LogP contribution in [0.2, 0.25) is 0 Å². The Morgan fingerprint density at radius 1 is 1.00 bits per heavy atom. The number of carbonyl (C=O) groups is 1. The van der Waals surface area contributed by atoms with E-state index < -0.39 is 0 Å². The van der Waals surface area contributed by atoms with E-state index in [0.717, 1.165) is 43.4 Å². The van der Waals surface area contributed by atoms with Crippen LogP contribution >= 0.6 is 0 Å². The van der Waals surface area contributed by atoms with Crippen molar-refractivity contribution in [3.8, 4) is 0 Å². The summed E-state index contributed by atoms with van der Waals surface area (Å²) in [4.78, 5) is 11.7. The van der Waals surface area contributed by atoms with E-state index in [4.69, 9.17) is 4.74 Å². The number of hydrogen-bond donors (Lipinski definition) is 0. The third-order valence-electron chi connectivity index (χ3n) is 6.83. The summed E-state index contributed by atoms with van der Waals surface area (Å²) in [6, 6.07) is 9.31. The molecule has 0 radical (unpaired) electrons. The van der Waals surface area contributed by atoms with Crippen LogP contribution in [-0.4, -0.2) is 13.1 Å². The molecule has 0 spiro atoms. The monoisotopic (exact) mass is 354 g/mol. The van der Waals surface area contributed by atoms with Crippen LogP contribution < -0.4 is 0 Å². The fourth-order valence-electron chi connectivity index (χ4n) is 5.14. The number of aryl methyl sites for hydroxylation is 1. The molecule has 0 unspecified atom stereocenters. The van der Waals surface area contributed by atoms with Gasteiger partial charge in [0.25, 0.3) is 0 Å². The van der Waals surface area contributed by atoms with Gasteiger partial charge in [-0.05, 0) is 93.1 Å². The number of benzene rings is 1. The first-order valence-corrected chi connectivity index (χ1v) is 10.5. The number of methoxy groups -OCH3 is 1. The van der Waals surface area contributed by atoms with Gasteiger partial charge >= 0.3 is 5.97 Å². The van der Waals surface area contributed by atoms with Gasteiger partial charge in [-0.25, -0.2) is 0 Å². The van der Waals surface area contributed by atoms with Crippen LogP contribution in [0.1, 0.15) is 74.8 Å². The first-order valence-electron chi connectivity index (χ1n) is 10.5. The normalized spacial score (nSPS) is 29.1. The van der Waals surface area contributed by atoms with Gasteiger partial charge in [0.05, 0.1) is 13.0 Å². The maximum Gasteiger partial charge on any atom is 0.308 e. The largest absolute Gasteiger partial charge is 0.469 e. The van der Waals surface area contributed by atoms with Crippen LogP contribution in [-0.2, 0) is 16.0 Å². The summed E-state index contributed by atoms with van der Waals surface area (Å²) in [5.41, 5.74) is 2.95. The second-order valence-corrected chi connectivity index (χ2v) is 8.32. The van der Waals surface area contributed by atoms with Crippen LogP contribution in [0, 0.1) is 17.8 Å². The number of ether oxygens (including phenoxy) is 1. The molecular formula is C24H34O2. The Labute approximate surface area is 159 Å². The van der Waals surface area contributed by atoms with Crippen molar-refractivity contribution in [1.29, 1.82) is 0 Å². The maximum absolute atomic E-state index is 11.7. The number of esters is 1. The van der Waals surface area contributed by atoms with Crippen molar-refractivity contribution in [3.05, 3.63) is 48.0 Å². The van der Waals surface area contributed by atoms with Gasteiger partial charge in [0.2, 0.25) is 0 Å². The van der Waals surface area contributed by atoms with Crippen LogP contribution in [0.4, 0.5) is 0 Å². The van der Waals surface area contributed by atoms with E-state index in [9.17, 15) is 4.79 Å². The summed E-state index contributed by atoms with van der Waals surface area (Å²) in [5, 5.41) is 0. The Morgan fingerprint density at radius 3 is 2.12 bits per heavy atom. The first kappa shape index (κ1) is 19.2. The van der Waals surface area contributed by atoms with Crippen LogP contribution in [0.25, 0.3) is 0 Å². The van der Waals surface area contributed by atoms with E-state index >= 15 is 0 Å². The highest BCUT2D eigenvalue weighted by Gasteiger charge is 2.33. The van der Waals surface area contributed by atoms with Gasteiger partial charge in [0.1, 0.15) is 0 Å². The summed E-state index contributed by atoms with van der Waals surface area (Å²) < 4.78 is 4.92. The van der Waals surface area contributed by atoms with Crippen molar-refractivity contribution >= 4 is 5.97 Å². The van der Waals surface area contributed by atoms with Crippen molar-refractivity contribution < 1.29 is 9.53 Å². The van der Waals surface area contributed by atoms with Crippen molar-refractivity contribution in [2.75, 3.05) is 7.11 Å². The van der Waals surface area contributed by atoms with E-state index in [1.807, 2.05) is 6.08 Å². The van der Waals surface area contributed by atoms with Gasteiger partial charge in [-0.3, -0.25) is 4.79 Å². The maximum atomic E-state index is 11.7. The highest BCUT2D eigenvalue weighted by molar-refractivity contribution is 5.72. The van der Waals surface area contributed by atoms with Gasteiger partial charge < -0.3 is 4.74 Å². The molecule has 1 aromatic carbocycles. The average Bonchev–Trinajstić information content (AvgIpc) is 2.72. The minimum atomic E-state index is 0.00342. The predicted molar refractivity (Wildman–Crippen MR) is 107 cm³/mol. The molecule has 0 N–H and O–H groups in total. The van der Waals surface area contributed by atoms with Gasteiger partial charge in [0.15, 0.2) is 0 Å². The molecule has 2 heteroatoms. The molecular weight excluding hydrogens is 320 g/mol. The topological polar surface area (TPSA) is 26.3 Å². The zero-order chi connectivity index (χ0) is 18.4. The van der Waals surface area contributed by atoms with E-state index in [1.54, 1.807) is 0 Å². The zero-order valence-corrected chi connectivity index (χ0v) is 16.3. The molecule has 1 aromatic rings. The highest BCUT2D eigenvalue weighted by Crippen LogP contribution is 2.44. The lowest BCUT2D eigenvalue weighted by molar-refractivity contribution is -0.147. The molecule has 2 nitrogen and oxygen atoms in total. The highest BCUT2D eigenvalue weighted by atomic mass is 16.5. The Bertz CT molecular complexity index is 573. The lowest BCUT2D eigenvalue weighted by atomic mass is 9.68. The molecule has 0 heterocycles. The fourth-order valence-corrected chi connectivity index (χ4v) is 5.14. The molecule has 0 saturated heterocycles. The molecule has 2 aliphatic rings. The molecule has 2 aliphatic carbocycles. The Morgan fingerprint density at radius 2 is 1.58 bits per heavy atom. The molecule has 0 bridgehead atoms. The predicted octanol–water partition coefficient (Wildman–Crippen LogP) is 6.06. The molecule has 26 heavy (non-hydrogen) atoms. The second kappa shape index (κ2) is 9.39. The summed E-state index contributed by atoms with van der Waals surface area (Å²) in [7, 11) is 1.52. The second-order valence-electron chi connectivity index (χ2n) is 8.32. The van der Waals surface area contributed by atoms with Crippen LogP contribution in [0.3, 0.4) is 0 Å². The smallest absolute Gasteiger partial charge is 0.308 e. The van der Waals surface area contributed by atoms with Gasteiger partial charge in [-0.2, -0.15) is 0 Å². The molecule has 142 valence electrons. The quantitative estimate of drug-likeness (QED) is 0.458. The molecule has 3 rings (SSSR count). The van der Waals surface area contributed by atoms with E-state index in [0.29, 0.717) is 0 Å². The van der Waals surface area contributed by atoms with Crippen molar-refractivity contribution in [1.82, 2.24) is 0 Å². The molecule has 0 atom stereocenters. The third kappa shape index (κ3) is 4.78.